The number of carbonyl (C=O) groups excluding carboxylic acids is 1. The zero-order valence-corrected chi connectivity index (χ0v) is 10.2. The van der Waals surface area contributed by atoms with Crippen LogP contribution < -0.4 is 11.2 Å². The van der Waals surface area contributed by atoms with Gasteiger partial charge in [-0.25, -0.2) is 4.39 Å². The highest BCUT2D eigenvalue weighted by Crippen LogP contribution is 2.11. The monoisotopic (exact) mass is 240 g/mol. The maximum atomic E-state index is 13.4. The van der Waals surface area contributed by atoms with Crippen LogP contribution in [-0.2, 0) is 11.4 Å². The van der Waals surface area contributed by atoms with E-state index >= 15 is 0 Å². The Labute approximate surface area is 99.9 Å². The molecule has 1 aromatic carbocycles. The molecule has 5 heteroatoms. The molecule has 1 amide bonds. The number of amides is 1. The van der Waals surface area contributed by atoms with Gasteiger partial charge >= 0.3 is 0 Å². The number of primary amides is 1. The summed E-state index contributed by atoms with van der Waals surface area (Å²) in [6.07, 6.45) is 0. The van der Waals surface area contributed by atoms with Gasteiger partial charge in [-0.15, -0.1) is 0 Å². The smallest absolute Gasteiger partial charge is 0.248 e. The second kappa shape index (κ2) is 5.25. The molecule has 0 heterocycles. The van der Waals surface area contributed by atoms with E-state index in [1.54, 1.807) is 0 Å². The number of hydrogen-bond donors (Lipinski definition) is 2. The average molecular weight is 240 g/mol. The quantitative estimate of drug-likeness (QED) is 0.788. The van der Waals surface area contributed by atoms with Gasteiger partial charge in [0.05, 0.1) is 5.60 Å². The Morgan fingerprint density at radius 1 is 1.47 bits per heavy atom. The molecule has 0 fully saturated rings. The third-order valence-corrected chi connectivity index (χ3v) is 1.97. The first-order valence-electron chi connectivity index (χ1n) is 5.29. The predicted molar refractivity (Wildman–Crippen MR) is 62.6 cm³/mol. The van der Waals surface area contributed by atoms with Crippen LogP contribution in [0, 0.1) is 5.82 Å². The summed E-state index contributed by atoms with van der Waals surface area (Å²) in [4.78, 5) is 16.2. The molecule has 0 aromatic heterocycles. The van der Waals surface area contributed by atoms with Gasteiger partial charge in [0.15, 0.2) is 0 Å². The first kappa shape index (κ1) is 13.6. The molecule has 0 aliphatic heterocycles. The van der Waals surface area contributed by atoms with Crippen molar-refractivity contribution < 1.29 is 14.0 Å². The lowest BCUT2D eigenvalue weighted by Crippen LogP contribution is -2.29. The maximum absolute atomic E-state index is 13.4. The van der Waals surface area contributed by atoms with Gasteiger partial charge in [0.1, 0.15) is 5.82 Å². The van der Waals surface area contributed by atoms with E-state index < -0.39 is 11.7 Å². The Morgan fingerprint density at radius 2 is 2.12 bits per heavy atom. The molecule has 4 nitrogen and oxygen atoms in total. The molecular formula is C12H17FN2O2. The molecule has 0 atom stereocenters. The van der Waals surface area contributed by atoms with Crippen LogP contribution in [0.1, 0.15) is 36.7 Å². The molecule has 17 heavy (non-hydrogen) atoms. The van der Waals surface area contributed by atoms with E-state index in [-0.39, 0.29) is 17.7 Å². The Bertz CT molecular complexity index is 413. The standard InChI is InChI=1S/C12H17FN2O2/c1-12(2,3)17-15-7-9-6-8(11(14)16)4-5-10(9)13/h4-6,15H,7H2,1-3H3,(H2,14,16). The molecule has 0 bridgehead atoms. The highest BCUT2D eigenvalue weighted by Gasteiger charge is 2.11. The number of benzene rings is 1. The summed E-state index contributed by atoms with van der Waals surface area (Å²) >= 11 is 0. The van der Waals surface area contributed by atoms with Gasteiger partial charge in [0.25, 0.3) is 0 Å². The summed E-state index contributed by atoms with van der Waals surface area (Å²) in [6, 6.07) is 3.98. The fourth-order valence-electron chi connectivity index (χ4n) is 1.19. The molecule has 0 aliphatic carbocycles. The molecule has 0 unspecified atom stereocenters. The summed E-state index contributed by atoms with van der Waals surface area (Å²) in [6.45, 7) is 5.78. The number of nitrogens with two attached hydrogens (primary N) is 1. The second-order valence-electron chi connectivity index (χ2n) is 4.71. The normalized spacial score (nSPS) is 11.5. The SMILES string of the molecule is CC(C)(C)ONCc1cc(C(N)=O)ccc1F. The summed E-state index contributed by atoms with van der Waals surface area (Å²) in [5.74, 6) is -0.983. The number of hydrogen-bond acceptors (Lipinski definition) is 3. The Balaban J connectivity index is 2.70. The van der Waals surface area contributed by atoms with Crippen LogP contribution in [0.3, 0.4) is 0 Å². The van der Waals surface area contributed by atoms with Crippen LogP contribution in [0.5, 0.6) is 0 Å². The number of carbonyl (C=O) groups is 1. The fourth-order valence-corrected chi connectivity index (χ4v) is 1.19. The summed E-state index contributed by atoms with van der Waals surface area (Å²) in [5, 5.41) is 0. The van der Waals surface area contributed by atoms with Crippen molar-refractivity contribution in [1.29, 1.82) is 0 Å². The molecule has 0 saturated heterocycles. The van der Waals surface area contributed by atoms with Crippen molar-refractivity contribution in [2.45, 2.75) is 32.9 Å². The second-order valence-corrected chi connectivity index (χ2v) is 4.71. The number of halogens is 1. The van der Waals surface area contributed by atoms with Crippen molar-refractivity contribution in [3.05, 3.63) is 35.1 Å². The minimum absolute atomic E-state index is 0.171. The lowest BCUT2D eigenvalue weighted by atomic mass is 10.1. The first-order chi connectivity index (χ1) is 7.79. The summed E-state index contributed by atoms with van der Waals surface area (Å²) < 4.78 is 13.4. The third kappa shape index (κ3) is 4.50. The first-order valence-corrected chi connectivity index (χ1v) is 5.29. The lowest BCUT2D eigenvalue weighted by Gasteiger charge is -2.19. The molecule has 0 spiro atoms. The highest BCUT2D eigenvalue weighted by atomic mass is 19.1. The predicted octanol–water partition coefficient (Wildman–Crippen LogP) is 1.74. The number of nitrogens with one attached hydrogen (secondary N) is 1. The van der Waals surface area contributed by atoms with Crippen LogP contribution >= 0.6 is 0 Å². The van der Waals surface area contributed by atoms with E-state index in [1.165, 1.54) is 18.2 Å². The highest BCUT2D eigenvalue weighted by molar-refractivity contribution is 5.92. The van der Waals surface area contributed by atoms with Gasteiger partial charge in [-0.2, -0.15) is 5.48 Å². The van der Waals surface area contributed by atoms with E-state index in [1.807, 2.05) is 20.8 Å². The van der Waals surface area contributed by atoms with Crippen molar-refractivity contribution in [2.24, 2.45) is 5.73 Å². The zero-order valence-electron chi connectivity index (χ0n) is 10.2. The van der Waals surface area contributed by atoms with Gasteiger partial charge < -0.3 is 5.73 Å². The molecule has 3 N–H and O–H groups in total. The fraction of sp³-hybridized carbons (Fsp3) is 0.417. The number of rotatable bonds is 4. The third-order valence-electron chi connectivity index (χ3n) is 1.97. The molecule has 94 valence electrons. The van der Waals surface area contributed by atoms with Crippen LogP contribution in [-0.4, -0.2) is 11.5 Å². The Kier molecular flexibility index (Phi) is 4.20. The van der Waals surface area contributed by atoms with Crippen LogP contribution in [0.2, 0.25) is 0 Å². The van der Waals surface area contributed by atoms with Crippen molar-refractivity contribution in [3.8, 4) is 0 Å². The zero-order chi connectivity index (χ0) is 13.1. The Morgan fingerprint density at radius 3 is 2.65 bits per heavy atom. The van der Waals surface area contributed by atoms with Crippen molar-refractivity contribution in [3.63, 3.8) is 0 Å². The van der Waals surface area contributed by atoms with Crippen LogP contribution in [0.15, 0.2) is 18.2 Å². The minimum atomic E-state index is -0.581. The van der Waals surface area contributed by atoms with E-state index in [2.05, 4.69) is 5.48 Å². The molecule has 1 rings (SSSR count). The van der Waals surface area contributed by atoms with E-state index in [4.69, 9.17) is 10.6 Å². The van der Waals surface area contributed by atoms with Gasteiger partial charge in [0.2, 0.25) is 5.91 Å². The molecule has 0 saturated carbocycles. The van der Waals surface area contributed by atoms with Crippen LogP contribution in [0.25, 0.3) is 0 Å². The lowest BCUT2D eigenvalue weighted by molar-refractivity contribution is -0.0760. The van der Waals surface area contributed by atoms with E-state index in [0.717, 1.165) is 0 Å². The maximum Gasteiger partial charge on any atom is 0.248 e. The van der Waals surface area contributed by atoms with Crippen LogP contribution in [0.4, 0.5) is 4.39 Å². The summed E-state index contributed by atoms with van der Waals surface area (Å²) in [5.41, 5.74) is 8.03. The molecular weight excluding hydrogens is 223 g/mol. The average Bonchev–Trinajstić information content (AvgIpc) is 2.18. The van der Waals surface area contributed by atoms with Gasteiger partial charge in [-0.3, -0.25) is 9.63 Å². The van der Waals surface area contributed by atoms with Crippen molar-refractivity contribution >= 4 is 5.91 Å². The van der Waals surface area contributed by atoms with Gasteiger partial charge in [0, 0.05) is 17.7 Å². The molecule has 0 aliphatic rings. The van der Waals surface area contributed by atoms with Gasteiger partial charge in [-0.05, 0) is 39.0 Å². The molecule has 0 radical (unpaired) electrons. The number of hydroxylamine groups is 1. The topological polar surface area (TPSA) is 64.3 Å². The Hall–Kier alpha value is -1.46. The molecule has 1 aromatic rings. The van der Waals surface area contributed by atoms with E-state index in [9.17, 15) is 9.18 Å². The van der Waals surface area contributed by atoms with Crippen molar-refractivity contribution in [2.75, 3.05) is 0 Å². The largest absolute Gasteiger partial charge is 0.366 e. The minimum Gasteiger partial charge on any atom is -0.366 e. The van der Waals surface area contributed by atoms with Crippen molar-refractivity contribution in [1.82, 2.24) is 5.48 Å². The van der Waals surface area contributed by atoms with E-state index in [0.29, 0.717) is 5.56 Å². The van der Waals surface area contributed by atoms with Gasteiger partial charge in [-0.1, -0.05) is 0 Å². The summed E-state index contributed by atoms with van der Waals surface area (Å²) in [7, 11) is 0.